The highest BCUT2D eigenvalue weighted by Crippen LogP contribution is 2.44. The summed E-state index contributed by atoms with van der Waals surface area (Å²) in [5, 5.41) is 47.7. The monoisotopic (exact) mass is 880 g/mol. The molecule has 2 heterocycles. The fraction of sp³-hybridized carbons (Fsp3) is 0.448. The van der Waals surface area contributed by atoms with E-state index in [-0.39, 0.29) is 0 Å². The molecule has 7 rings (SSSR count). The van der Waals surface area contributed by atoms with Gasteiger partial charge in [0.15, 0.2) is 11.8 Å². The minimum Gasteiger partial charge on any atom is -0.196 e. The lowest BCUT2D eigenvalue weighted by Crippen LogP contribution is -2.17. The Morgan fingerprint density at radius 3 is 1.08 bits per heavy atom. The quantitative estimate of drug-likeness (QED) is 0.0517. The van der Waals surface area contributed by atoms with Crippen LogP contribution in [0.2, 0.25) is 0 Å². The predicted octanol–water partition coefficient (Wildman–Crippen LogP) is 15.8. The molecular formula is C58H64N4S2. The van der Waals surface area contributed by atoms with Gasteiger partial charge >= 0.3 is 0 Å². The summed E-state index contributed by atoms with van der Waals surface area (Å²) in [6.45, 7) is 4.54. The van der Waals surface area contributed by atoms with Crippen LogP contribution in [0.3, 0.4) is 0 Å². The molecule has 0 unspecified atom stereocenters. The Hall–Kier alpha value is -5.24. The molecule has 5 aromatic rings. The molecular weight excluding hydrogens is 817 g/mol. The van der Waals surface area contributed by atoms with Gasteiger partial charge in [-0.3, -0.25) is 0 Å². The van der Waals surface area contributed by atoms with Crippen LogP contribution in [0.5, 0.6) is 0 Å². The van der Waals surface area contributed by atoms with Crippen molar-refractivity contribution in [1.82, 2.24) is 0 Å². The minimum absolute atomic E-state index is 0.742. The van der Waals surface area contributed by atoms with E-state index in [4.69, 9.17) is 0 Å². The second-order valence-corrected chi connectivity index (χ2v) is 19.9. The average Bonchev–Trinajstić information content (AvgIpc) is 4.12. The first kappa shape index (κ1) is 46.7. The summed E-state index contributed by atoms with van der Waals surface area (Å²) >= 11 is 3.52. The first-order valence-electron chi connectivity index (χ1n) is 24.5. The van der Waals surface area contributed by atoms with Gasteiger partial charge in [0.25, 0.3) is 0 Å². The molecule has 0 N–H and O–H groups in total. The van der Waals surface area contributed by atoms with Crippen molar-refractivity contribution < 1.29 is 0 Å². The van der Waals surface area contributed by atoms with Crippen LogP contribution in [0.4, 0.5) is 0 Å². The van der Waals surface area contributed by atoms with Crippen LogP contribution in [0, 0.1) is 57.2 Å². The maximum atomic E-state index is 10.4. The number of benzene rings is 3. The maximum absolute atomic E-state index is 10.4. The van der Waals surface area contributed by atoms with Crippen molar-refractivity contribution in [3.05, 3.63) is 104 Å². The Bertz CT molecular complexity index is 2470. The van der Waals surface area contributed by atoms with Crippen molar-refractivity contribution in [2.45, 2.75) is 155 Å². The van der Waals surface area contributed by atoms with Crippen LogP contribution >= 0.6 is 22.7 Å². The maximum Gasteiger partial charge on any atom is 0.159 e. The van der Waals surface area contributed by atoms with Crippen molar-refractivity contribution in [3.8, 4) is 67.4 Å². The third-order valence-corrected chi connectivity index (χ3v) is 15.7. The lowest BCUT2D eigenvalue weighted by Gasteiger charge is -2.11. The zero-order chi connectivity index (χ0) is 44.7. The van der Waals surface area contributed by atoms with E-state index in [2.05, 4.69) is 110 Å². The number of aryl methyl sites for hydroxylation is 2. The zero-order valence-electron chi connectivity index (χ0n) is 38.2. The highest BCUT2D eigenvalue weighted by atomic mass is 32.1. The molecule has 4 nitrogen and oxygen atoms in total. The Balaban J connectivity index is 1.14. The molecule has 2 aromatic heterocycles. The summed E-state index contributed by atoms with van der Waals surface area (Å²) in [4.78, 5) is 2.51. The van der Waals surface area contributed by atoms with Crippen LogP contribution in [0.25, 0.3) is 54.3 Å². The number of hydrogen-bond acceptors (Lipinski definition) is 6. The molecule has 0 amide bonds. The number of rotatable bonds is 26. The Kier molecular flexibility index (Phi) is 17.3. The molecule has 2 aliphatic rings. The molecule has 0 atom stereocenters. The van der Waals surface area contributed by atoms with E-state index in [1.807, 2.05) is 0 Å². The van der Waals surface area contributed by atoms with Crippen LogP contribution < -0.4 is 10.4 Å². The Morgan fingerprint density at radius 2 is 0.734 bits per heavy atom. The molecule has 0 saturated carbocycles. The first-order chi connectivity index (χ1) is 31.6. The van der Waals surface area contributed by atoms with Gasteiger partial charge in [0.2, 0.25) is 0 Å². The van der Waals surface area contributed by atoms with Crippen molar-refractivity contribution in [2.75, 3.05) is 0 Å². The number of unbranched alkanes of at least 4 members (excludes halogenated alkanes) is 18. The summed E-state index contributed by atoms with van der Waals surface area (Å²) in [7, 11) is 0. The molecule has 0 radical (unpaired) electrons. The summed E-state index contributed by atoms with van der Waals surface area (Å²) < 4.78 is 0. The van der Waals surface area contributed by atoms with Crippen molar-refractivity contribution in [2.24, 2.45) is 11.8 Å². The molecule has 3 aromatic carbocycles. The van der Waals surface area contributed by atoms with Gasteiger partial charge in [0.05, 0.1) is 24.3 Å². The van der Waals surface area contributed by atoms with Gasteiger partial charge in [-0.25, -0.2) is 0 Å². The average molecular weight is 881 g/mol. The van der Waals surface area contributed by atoms with Crippen molar-refractivity contribution in [3.63, 3.8) is 0 Å². The zero-order valence-corrected chi connectivity index (χ0v) is 39.9. The number of thiophene rings is 2. The van der Waals surface area contributed by atoms with Crippen LogP contribution in [-0.2, 0) is 12.8 Å². The molecule has 0 saturated heterocycles. The van der Waals surface area contributed by atoms with Gasteiger partial charge in [0, 0.05) is 9.75 Å². The van der Waals surface area contributed by atoms with Crippen molar-refractivity contribution >= 4 is 33.8 Å². The van der Waals surface area contributed by atoms with E-state index in [0.717, 1.165) is 78.9 Å². The second-order valence-electron chi connectivity index (χ2n) is 18.1. The smallest absolute Gasteiger partial charge is 0.159 e. The lowest BCUT2D eigenvalue weighted by atomic mass is 9.91. The highest BCUT2D eigenvalue weighted by molar-refractivity contribution is 7.14. The standard InChI is InChI=1S/C58H64N4S2/c1-3-5-7-9-11-13-15-17-19-21-23-41-29-31-63-57(41)43-25-27-47-49-35-54-50(36-53(49)55(51(47)33-43)45(37-59)38-60)48-28-26-44(34-52(48)56(54)46(39-61)40-62)58-42(30-32-64-58)24-22-20-18-16-14-12-10-8-6-4-2/h25-36,45-46H,3-24H2,1-2H3. The SMILES string of the molecule is CCCCCCCCCCCCc1ccsc1-c1ccc2c(c1)C(C(C#N)C#N)=c1cc3c(cc1-2)=C(C(C#N)C#N)c1cc(-c2sccc2CCCCCCCCCCCC)ccc1-3. The molecule has 328 valence electrons. The fourth-order valence-corrected chi connectivity index (χ4v) is 12.1. The van der Waals surface area contributed by atoms with Gasteiger partial charge in [-0.2, -0.15) is 21.0 Å². The van der Waals surface area contributed by atoms with Crippen LogP contribution in [0.15, 0.2) is 71.4 Å². The van der Waals surface area contributed by atoms with E-state index in [0.29, 0.717) is 0 Å². The third-order valence-electron chi connectivity index (χ3n) is 13.6. The number of nitriles is 4. The van der Waals surface area contributed by atoms with E-state index in [1.165, 1.54) is 149 Å². The van der Waals surface area contributed by atoms with E-state index < -0.39 is 11.8 Å². The van der Waals surface area contributed by atoms with Crippen LogP contribution in [-0.4, -0.2) is 0 Å². The predicted molar refractivity (Wildman–Crippen MR) is 269 cm³/mol. The van der Waals surface area contributed by atoms with E-state index in [1.54, 1.807) is 22.7 Å². The topological polar surface area (TPSA) is 95.2 Å². The first-order valence-corrected chi connectivity index (χ1v) is 26.3. The summed E-state index contributed by atoms with van der Waals surface area (Å²) in [6.07, 6.45) is 28.4. The van der Waals surface area contributed by atoms with Crippen LogP contribution in [0.1, 0.15) is 165 Å². The Morgan fingerprint density at radius 1 is 0.391 bits per heavy atom. The largest absolute Gasteiger partial charge is 0.196 e. The van der Waals surface area contributed by atoms with Gasteiger partial charge in [-0.1, -0.05) is 154 Å². The van der Waals surface area contributed by atoms with Gasteiger partial charge in [-0.15, -0.1) is 22.7 Å². The molecule has 0 fully saturated rings. The van der Waals surface area contributed by atoms with E-state index >= 15 is 0 Å². The fourth-order valence-electron chi connectivity index (χ4n) is 10.2. The lowest BCUT2D eigenvalue weighted by molar-refractivity contribution is 0.556. The normalized spacial score (nSPS) is 12.2. The summed E-state index contributed by atoms with van der Waals surface area (Å²) in [6, 6.07) is 31.1. The highest BCUT2D eigenvalue weighted by Gasteiger charge is 2.32. The molecule has 0 aliphatic heterocycles. The minimum atomic E-state index is -0.951. The third kappa shape index (κ3) is 10.6. The van der Waals surface area contributed by atoms with Gasteiger partial charge < -0.3 is 0 Å². The van der Waals surface area contributed by atoms with E-state index in [9.17, 15) is 21.0 Å². The van der Waals surface area contributed by atoms with Crippen molar-refractivity contribution in [1.29, 1.82) is 21.0 Å². The molecule has 0 bridgehead atoms. The summed E-state index contributed by atoms with van der Waals surface area (Å²) in [5.41, 5.74) is 12.1. The van der Waals surface area contributed by atoms with Gasteiger partial charge in [0.1, 0.15) is 0 Å². The summed E-state index contributed by atoms with van der Waals surface area (Å²) in [5.74, 6) is -1.90. The Labute approximate surface area is 391 Å². The molecule has 6 heteroatoms. The number of nitrogens with zero attached hydrogens (tertiary/aromatic N) is 4. The van der Waals surface area contributed by atoms with Gasteiger partial charge in [-0.05, 0) is 150 Å². The number of hydrogen-bond donors (Lipinski definition) is 0. The second kappa shape index (κ2) is 23.6. The molecule has 0 spiro atoms. The molecule has 2 aliphatic carbocycles. The molecule has 64 heavy (non-hydrogen) atoms. The number of fused-ring (bicyclic) bond motifs is 6.